The normalized spacial score (nSPS) is 19.3. The van der Waals surface area contributed by atoms with Crippen molar-refractivity contribution in [3.05, 3.63) is 50.6 Å². The minimum absolute atomic E-state index is 0. The van der Waals surface area contributed by atoms with Crippen molar-refractivity contribution in [3.63, 3.8) is 0 Å². The molecule has 14 heteroatoms. The van der Waals surface area contributed by atoms with E-state index in [1.54, 1.807) is 6.20 Å². The fourth-order valence-electron chi connectivity index (χ4n) is 6.48. The van der Waals surface area contributed by atoms with Crippen molar-refractivity contribution in [2.45, 2.75) is 160 Å². The summed E-state index contributed by atoms with van der Waals surface area (Å²) in [7, 11) is -3.22. The third-order valence-corrected chi connectivity index (χ3v) is 11.1. The predicted octanol–water partition coefficient (Wildman–Crippen LogP) is 10.7. The van der Waals surface area contributed by atoms with Crippen LogP contribution < -0.4 is 0 Å². The zero-order chi connectivity index (χ0) is 34.6. The van der Waals surface area contributed by atoms with Crippen LogP contribution in [0.4, 0.5) is 0 Å². The topological polar surface area (TPSA) is 128 Å². The Morgan fingerprint density at radius 3 is 1.65 bits per heavy atom. The summed E-state index contributed by atoms with van der Waals surface area (Å²) in [6.07, 6.45) is 31.2. The van der Waals surface area contributed by atoms with E-state index in [2.05, 4.69) is 83.7 Å². The molecule has 0 radical (unpaired) electrons. The zero-order valence-electron chi connectivity index (χ0n) is 28.4. The molecule has 4 saturated carbocycles. The number of hydrogen-bond donors (Lipinski definition) is 2. The van der Waals surface area contributed by atoms with Crippen molar-refractivity contribution < 1.29 is 17.7 Å². The number of aliphatic hydroxyl groups excluding tert-OH is 1. The summed E-state index contributed by atoms with van der Waals surface area (Å²) in [5, 5.41) is 23.9. The van der Waals surface area contributed by atoms with Crippen LogP contribution >= 0.6 is 47.8 Å². The lowest BCUT2D eigenvalue weighted by atomic mass is 9.96. The van der Waals surface area contributed by atoms with Gasteiger partial charge < -0.3 is 5.11 Å². The van der Waals surface area contributed by atoms with Gasteiger partial charge in [0.1, 0.15) is 13.8 Å². The van der Waals surface area contributed by atoms with E-state index in [1.807, 2.05) is 24.4 Å². The Morgan fingerprint density at radius 2 is 1.29 bits per heavy atom. The second-order valence-corrected chi connectivity index (χ2v) is 17.1. The highest BCUT2D eigenvalue weighted by atomic mass is 79.9. The molecule has 3 aromatic heterocycles. The number of rotatable bonds is 4. The van der Waals surface area contributed by atoms with Crippen LogP contribution in [0.25, 0.3) is 0 Å². The van der Waals surface area contributed by atoms with Gasteiger partial charge in [0.2, 0.25) is 0 Å². The molecular formula is C35H59Br3N6O4S. The van der Waals surface area contributed by atoms with Crippen LogP contribution in [-0.2, 0) is 14.3 Å². The van der Waals surface area contributed by atoms with Gasteiger partial charge in [-0.1, -0.05) is 84.5 Å². The van der Waals surface area contributed by atoms with Gasteiger partial charge in [-0.2, -0.15) is 23.7 Å². The molecule has 3 heterocycles. The molecule has 280 valence electrons. The van der Waals surface area contributed by atoms with E-state index in [1.165, 1.54) is 89.9 Å². The van der Waals surface area contributed by atoms with E-state index in [9.17, 15) is 8.42 Å². The van der Waals surface area contributed by atoms with Crippen LogP contribution in [-0.4, -0.2) is 61.7 Å². The lowest BCUT2D eigenvalue weighted by Gasteiger charge is -2.22. The molecule has 0 unspecified atom stereocenters. The van der Waals surface area contributed by atoms with E-state index >= 15 is 0 Å². The maximum absolute atomic E-state index is 10.7. The number of nitrogens with one attached hydrogen (secondary N) is 1. The molecule has 4 aliphatic carbocycles. The summed E-state index contributed by atoms with van der Waals surface area (Å²) in [5.74, 6) is 0. The van der Waals surface area contributed by atoms with Crippen LogP contribution in [0.1, 0.15) is 148 Å². The van der Waals surface area contributed by atoms with Crippen molar-refractivity contribution in [2.24, 2.45) is 0 Å². The predicted molar refractivity (Wildman–Crippen MR) is 209 cm³/mol. The lowest BCUT2D eigenvalue weighted by Crippen LogP contribution is -2.20. The first-order chi connectivity index (χ1) is 23.1. The van der Waals surface area contributed by atoms with Gasteiger partial charge in [0.25, 0.3) is 10.1 Å². The highest BCUT2D eigenvalue weighted by Gasteiger charge is 2.19. The summed E-state index contributed by atoms with van der Waals surface area (Å²) in [6.45, 7) is 0. The van der Waals surface area contributed by atoms with E-state index in [0.717, 1.165) is 58.6 Å². The molecule has 0 aliphatic heterocycles. The van der Waals surface area contributed by atoms with Gasteiger partial charge >= 0.3 is 0 Å². The fraction of sp³-hybridized carbons (Fsp3) is 0.743. The highest BCUT2D eigenvalue weighted by Crippen LogP contribution is 2.30. The number of hydrogen-bond acceptors (Lipinski definition) is 7. The van der Waals surface area contributed by atoms with Crippen LogP contribution in [0, 0.1) is 0 Å². The Bertz CT molecular complexity index is 1330. The Balaban J connectivity index is 0.000000216. The molecule has 0 aromatic carbocycles. The van der Waals surface area contributed by atoms with E-state index in [0.29, 0.717) is 12.1 Å². The molecule has 49 heavy (non-hydrogen) atoms. The van der Waals surface area contributed by atoms with Crippen molar-refractivity contribution in [1.29, 1.82) is 0 Å². The third kappa shape index (κ3) is 19.4. The second-order valence-electron chi connectivity index (χ2n) is 13.1. The zero-order valence-corrected chi connectivity index (χ0v) is 33.9. The fourth-order valence-corrected chi connectivity index (χ4v) is 8.19. The molecule has 2 N–H and O–H groups in total. The Morgan fingerprint density at radius 1 is 0.755 bits per heavy atom. The molecule has 4 fully saturated rings. The van der Waals surface area contributed by atoms with Gasteiger partial charge in [0.15, 0.2) is 0 Å². The van der Waals surface area contributed by atoms with Gasteiger partial charge in [-0.3, -0.25) is 18.6 Å². The monoisotopic (exact) mass is 896 g/mol. The van der Waals surface area contributed by atoms with E-state index in [-0.39, 0.29) is 19.6 Å². The highest BCUT2D eigenvalue weighted by molar-refractivity contribution is 9.11. The molecule has 4 aliphatic rings. The Labute approximate surface area is 320 Å². The van der Waals surface area contributed by atoms with Crippen molar-refractivity contribution >= 4 is 57.9 Å². The number of nitrogens with zero attached hydrogens (tertiary/aromatic N) is 5. The molecule has 0 saturated heterocycles. The van der Waals surface area contributed by atoms with Crippen molar-refractivity contribution in [1.82, 2.24) is 29.8 Å². The van der Waals surface area contributed by atoms with Crippen LogP contribution in [0.5, 0.6) is 0 Å². The minimum atomic E-state index is -3.22. The Hall–Kier alpha value is -1.06. The van der Waals surface area contributed by atoms with E-state index in [4.69, 9.17) is 9.29 Å². The van der Waals surface area contributed by atoms with Crippen LogP contribution in [0.2, 0.25) is 0 Å². The summed E-state index contributed by atoms with van der Waals surface area (Å²) in [5.41, 5.74) is 0. The smallest absolute Gasteiger partial charge is 0.264 e. The summed E-state index contributed by atoms with van der Waals surface area (Å²) >= 11 is 10.0. The molecule has 0 amide bonds. The van der Waals surface area contributed by atoms with Crippen LogP contribution in [0.3, 0.4) is 0 Å². The van der Waals surface area contributed by atoms with Crippen LogP contribution in [0.15, 0.2) is 50.6 Å². The maximum atomic E-state index is 10.7. The van der Waals surface area contributed by atoms with E-state index < -0.39 is 10.1 Å². The molecule has 10 nitrogen and oxygen atoms in total. The molecule has 0 bridgehead atoms. The summed E-state index contributed by atoms with van der Waals surface area (Å²) in [6, 6.07) is 7.15. The third-order valence-electron chi connectivity index (χ3n) is 8.97. The standard InChI is InChI=1S/2C9H13BrN2.C7H14O3S.C6H12O.C3H3BrN2.CH4/c10-9-6-7-12(11-9)8-4-2-1-3-5-8;10-9-6-7-11-12(9)8-4-2-1-3-5-8;1-11(8,9)10-7-5-3-2-4-6-7;7-6-4-2-1-3-5-6;4-3-1-2-5-6-3;/h2*6-8H,1-5H2;7H,2-6H2,1H3;6-7H,1-5H2;1-2H,(H,5,6);1H4. The first-order valence-electron chi connectivity index (χ1n) is 17.7. The average molecular weight is 900 g/mol. The number of H-pyrrole nitrogens is 1. The van der Waals surface area contributed by atoms with Crippen molar-refractivity contribution in [2.75, 3.05) is 6.26 Å². The van der Waals surface area contributed by atoms with Gasteiger partial charge in [0, 0.05) is 12.4 Å². The molecular weight excluding hydrogens is 840 g/mol. The average Bonchev–Trinajstić information content (AvgIpc) is 3.86. The number of halogens is 3. The lowest BCUT2D eigenvalue weighted by molar-refractivity contribution is 0.130. The first-order valence-corrected chi connectivity index (χ1v) is 21.9. The van der Waals surface area contributed by atoms with Gasteiger partial charge in [0.05, 0.1) is 36.7 Å². The number of aromatic nitrogens is 6. The van der Waals surface area contributed by atoms with Crippen molar-refractivity contribution in [3.8, 4) is 0 Å². The quantitative estimate of drug-likeness (QED) is 0.250. The summed E-state index contributed by atoms with van der Waals surface area (Å²) in [4.78, 5) is 0. The minimum Gasteiger partial charge on any atom is -0.393 e. The molecule has 0 atom stereocenters. The SMILES string of the molecule is Brc1ccn(C2CCCCC2)n1.Brc1ccn[nH]1.Brc1ccnn1C1CCCCC1.C.CS(=O)(=O)OC1CCCCC1.OC1CCCCC1. The second kappa shape index (κ2) is 25.0. The van der Waals surface area contributed by atoms with Gasteiger partial charge in [-0.15, -0.1) is 0 Å². The molecule has 0 spiro atoms. The van der Waals surface area contributed by atoms with Gasteiger partial charge in [-0.25, -0.2) is 0 Å². The first kappa shape index (κ1) is 44.1. The Kier molecular flexibility index (Phi) is 22.5. The summed E-state index contributed by atoms with van der Waals surface area (Å²) < 4.78 is 33.4. The number of aliphatic hydroxyl groups is 1. The number of aromatic amines is 1. The molecule has 7 rings (SSSR count). The largest absolute Gasteiger partial charge is 0.393 e. The maximum Gasteiger partial charge on any atom is 0.264 e. The van der Waals surface area contributed by atoms with Gasteiger partial charge in [-0.05, 0) is 117 Å². The molecule has 3 aromatic rings.